The summed E-state index contributed by atoms with van der Waals surface area (Å²) >= 11 is 11.7. The molecule has 0 spiro atoms. The van der Waals surface area contributed by atoms with E-state index in [4.69, 9.17) is 23.2 Å². The largest absolute Gasteiger partial charge is 0.352 e. The molecule has 0 saturated heterocycles. The Morgan fingerprint density at radius 1 is 1.31 bits per heavy atom. The van der Waals surface area contributed by atoms with Crippen LogP contribution >= 0.6 is 23.2 Å². The van der Waals surface area contributed by atoms with Crippen LogP contribution in [0, 0.1) is 0 Å². The Labute approximate surface area is 105 Å². The second-order valence-electron chi connectivity index (χ2n) is 3.44. The van der Waals surface area contributed by atoms with Crippen LogP contribution in [0.25, 0.3) is 0 Å². The molecule has 1 aromatic heterocycles. The molecule has 0 saturated carbocycles. The zero-order valence-electron chi connectivity index (χ0n) is 9.09. The van der Waals surface area contributed by atoms with Gasteiger partial charge in [0.1, 0.15) is 0 Å². The molecule has 0 aliphatic heterocycles. The Kier molecular flexibility index (Phi) is 5.56. The summed E-state index contributed by atoms with van der Waals surface area (Å²) in [7, 11) is 0. The van der Waals surface area contributed by atoms with E-state index >= 15 is 0 Å². The molecule has 0 unspecified atom stereocenters. The van der Waals surface area contributed by atoms with Gasteiger partial charge in [0.15, 0.2) is 0 Å². The van der Waals surface area contributed by atoms with Crippen molar-refractivity contribution in [2.45, 2.75) is 26.2 Å². The van der Waals surface area contributed by atoms with Gasteiger partial charge in [-0.1, -0.05) is 43.0 Å². The first-order valence-electron chi connectivity index (χ1n) is 5.24. The van der Waals surface area contributed by atoms with Crippen molar-refractivity contribution in [3.8, 4) is 0 Å². The standard InChI is InChI=1S/C11H14Cl2N2O/c1-2-3-4-5-15-11(16)10-8(12)6-14-7-9(10)13/h6-7H,2-5H2,1H3,(H,15,16). The van der Waals surface area contributed by atoms with Crippen molar-refractivity contribution in [2.24, 2.45) is 0 Å². The first-order chi connectivity index (χ1) is 7.66. The normalized spacial score (nSPS) is 10.2. The van der Waals surface area contributed by atoms with E-state index in [1.54, 1.807) is 0 Å². The van der Waals surface area contributed by atoms with Gasteiger partial charge in [-0.25, -0.2) is 0 Å². The predicted octanol–water partition coefficient (Wildman–Crippen LogP) is 3.31. The summed E-state index contributed by atoms with van der Waals surface area (Å²) in [4.78, 5) is 15.5. The average Bonchev–Trinajstić information content (AvgIpc) is 2.24. The van der Waals surface area contributed by atoms with E-state index in [1.165, 1.54) is 12.4 Å². The van der Waals surface area contributed by atoms with Crippen molar-refractivity contribution in [3.63, 3.8) is 0 Å². The number of carbonyl (C=O) groups is 1. The summed E-state index contributed by atoms with van der Waals surface area (Å²) in [6, 6.07) is 0. The summed E-state index contributed by atoms with van der Waals surface area (Å²) < 4.78 is 0. The molecule has 88 valence electrons. The summed E-state index contributed by atoms with van der Waals surface area (Å²) in [6.45, 7) is 2.75. The molecule has 0 aliphatic rings. The maximum absolute atomic E-state index is 11.7. The van der Waals surface area contributed by atoms with Gasteiger partial charge in [0.2, 0.25) is 0 Å². The maximum atomic E-state index is 11.7. The number of halogens is 2. The van der Waals surface area contributed by atoms with E-state index < -0.39 is 0 Å². The molecule has 5 heteroatoms. The lowest BCUT2D eigenvalue weighted by atomic mass is 10.2. The van der Waals surface area contributed by atoms with E-state index in [9.17, 15) is 4.79 Å². The monoisotopic (exact) mass is 260 g/mol. The van der Waals surface area contributed by atoms with E-state index in [1.807, 2.05) is 0 Å². The van der Waals surface area contributed by atoms with Gasteiger partial charge in [0.05, 0.1) is 15.6 Å². The lowest BCUT2D eigenvalue weighted by Gasteiger charge is -2.07. The summed E-state index contributed by atoms with van der Waals surface area (Å²) in [6.07, 6.45) is 6.00. The molecule has 0 fully saturated rings. The quantitative estimate of drug-likeness (QED) is 0.826. The number of hydrogen-bond acceptors (Lipinski definition) is 2. The molecule has 0 atom stereocenters. The van der Waals surface area contributed by atoms with Crippen molar-refractivity contribution in [1.29, 1.82) is 0 Å². The molecule has 3 nitrogen and oxygen atoms in total. The fraction of sp³-hybridized carbons (Fsp3) is 0.455. The van der Waals surface area contributed by atoms with Crippen LogP contribution < -0.4 is 5.32 Å². The van der Waals surface area contributed by atoms with Crippen LogP contribution in [-0.2, 0) is 0 Å². The third-order valence-corrected chi connectivity index (χ3v) is 2.72. The number of amides is 1. The fourth-order valence-electron chi connectivity index (χ4n) is 1.29. The molecular formula is C11H14Cl2N2O. The highest BCUT2D eigenvalue weighted by atomic mass is 35.5. The van der Waals surface area contributed by atoms with Crippen LogP contribution in [0.15, 0.2) is 12.4 Å². The fourth-order valence-corrected chi connectivity index (χ4v) is 1.83. The number of rotatable bonds is 5. The SMILES string of the molecule is CCCCCNC(=O)c1c(Cl)cncc1Cl. The van der Waals surface area contributed by atoms with Gasteiger partial charge in [-0.3, -0.25) is 9.78 Å². The van der Waals surface area contributed by atoms with Gasteiger partial charge < -0.3 is 5.32 Å². The highest BCUT2D eigenvalue weighted by Gasteiger charge is 2.14. The number of unbranched alkanes of at least 4 members (excludes halogenated alkanes) is 2. The molecule has 0 radical (unpaired) electrons. The maximum Gasteiger partial charge on any atom is 0.254 e. The van der Waals surface area contributed by atoms with Crippen LogP contribution in [-0.4, -0.2) is 17.4 Å². The molecule has 1 aromatic rings. The van der Waals surface area contributed by atoms with Crippen molar-refractivity contribution in [1.82, 2.24) is 10.3 Å². The number of carbonyl (C=O) groups excluding carboxylic acids is 1. The van der Waals surface area contributed by atoms with E-state index in [0.717, 1.165) is 19.3 Å². The smallest absolute Gasteiger partial charge is 0.254 e. The van der Waals surface area contributed by atoms with Gasteiger partial charge in [-0.2, -0.15) is 0 Å². The minimum Gasteiger partial charge on any atom is -0.352 e. The highest BCUT2D eigenvalue weighted by Crippen LogP contribution is 2.22. The summed E-state index contributed by atoms with van der Waals surface area (Å²) in [5.41, 5.74) is 0.301. The van der Waals surface area contributed by atoms with Crippen molar-refractivity contribution in [3.05, 3.63) is 28.0 Å². The number of nitrogens with zero attached hydrogens (tertiary/aromatic N) is 1. The second kappa shape index (κ2) is 6.71. The van der Waals surface area contributed by atoms with E-state index in [-0.39, 0.29) is 16.0 Å². The Hall–Kier alpha value is -0.800. The topological polar surface area (TPSA) is 42.0 Å². The first-order valence-corrected chi connectivity index (χ1v) is 5.99. The molecular weight excluding hydrogens is 247 g/mol. The van der Waals surface area contributed by atoms with Gasteiger partial charge in [0, 0.05) is 18.9 Å². The van der Waals surface area contributed by atoms with Crippen molar-refractivity contribution in [2.75, 3.05) is 6.54 Å². The third-order valence-electron chi connectivity index (χ3n) is 2.15. The van der Waals surface area contributed by atoms with Crippen LogP contribution in [0.2, 0.25) is 10.0 Å². The molecule has 0 aromatic carbocycles. The van der Waals surface area contributed by atoms with Gasteiger partial charge >= 0.3 is 0 Å². The molecule has 1 amide bonds. The Balaban J connectivity index is 2.59. The van der Waals surface area contributed by atoms with Crippen LogP contribution in [0.4, 0.5) is 0 Å². The second-order valence-corrected chi connectivity index (χ2v) is 4.26. The predicted molar refractivity (Wildman–Crippen MR) is 66.1 cm³/mol. The average molecular weight is 261 g/mol. The van der Waals surface area contributed by atoms with Crippen LogP contribution in [0.3, 0.4) is 0 Å². The number of aromatic nitrogens is 1. The number of nitrogens with one attached hydrogen (secondary N) is 1. The minimum atomic E-state index is -0.242. The van der Waals surface area contributed by atoms with Gasteiger partial charge in [-0.15, -0.1) is 0 Å². The van der Waals surface area contributed by atoms with Gasteiger partial charge in [-0.05, 0) is 6.42 Å². The Morgan fingerprint density at radius 3 is 2.50 bits per heavy atom. The third kappa shape index (κ3) is 3.65. The number of pyridine rings is 1. The Bertz CT molecular complexity index is 349. The molecule has 1 heterocycles. The molecule has 1 N–H and O–H groups in total. The van der Waals surface area contributed by atoms with Crippen LogP contribution in [0.1, 0.15) is 36.5 Å². The molecule has 1 rings (SSSR count). The molecule has 0 aliphatic carbocycles. The lowest BCUT2D eigenvalue weighted by molar-refractivity contribution is 0.0953. The zero-order valence-corrected chi connectivity index (χ0v) is 10.6. The zero-order chi connectivity index (χ0) is 12.0. The first kappa shape index (κ1) is 13.3. The number of hydrogen-bond donors (Lipinski definition) is 1. The van der Waals surface area contributed by atoms with Crippen molar-refractivity contribution < 1.29 is 4.79 Å². The Morgan fingerprint density at radius 2 is 1.94 bits per heavy atom. The molecule has 0 bridgehead atoms. The van der Waals surface area contributed by atoms with Crippen molar-refractivity contribution >= 4 is 29.1 Å². The van der Waals surface area contributed by atoms with E-state index in [2.05, 4.69) is 17.2 Å². The summed E-state index contributed by atoms with van der Waals surface area (Å²) in [5, 5.41) is 3.34. The van der Waals surface area contributed by atoms with Crippen LogP contribution in [0.5, 0.6) is 0 Å². The van der Waals surface area contributed by atoms with Gasteiger partial charge in [0.25, 0.3) is 5.91 Å². The minimum absolute atomic E-state index is 0.242. The molecule has 16 heavy (non-hydrogen) atoms. The lowest BCUT2D eigenvalue weighted by Crippen LogP contribution is -2.25. The van der Waals surface area contributed by atoms with E-state index in [0.29, 0.717) is 12.1 Å². The summed E-state index contributed by atoms with van der Waals surface area (Å²) in [5.74, 6) is -0.242. The highest BCUT2D eigenvalue weighted by molar-refractivity contribution is 6.39.